The maximum absolute atomic E-state index is 13.9. The van der Waals surface area contributed by atoms with Gasteiger partial charge in [-0.15, -0.1) is 0 Å². The minimum absolute atomic E-state index is 0.318. The third kappa shape index (κ3) is 3.80. The fourth-order valence-corrected chi connectivity index (χ4v) is 2.68. The quantitative estimate of drug-likeness (QED) is 0.683. The molecule has 1 saturated carbocycles. The van der Waals surface area contributed by atoms with Gasteiger partial charge in [-0.05, 0) is 31.4 Å². The number of halogens is 4. The van der Waals surface area contributed by atoms with Crippen molar-refractivity contribution in [3.05, 3.63) is 35.1 Å². The zero-order valence-electron chi connectivity index (χ0n) is 12.2. The van der Waals surface area contributed by atoms with Crippen LogP contribution in [0.5, 0.6) is 0 Å². The Morgan fingerprint density at radius 1 is 1.26 bits per heavy atom. The van der Waals surface area contributed by atoms with E-state index in [1.54, 1.807) is 0 Å². The van der Waals surface area contributed by atoms with Crippen molar-refractivity contribution < 1.29 is 31.9 Å². The molecule has 0 saturated heterocycles. The molecule has 0 heterocycles. The molecule has 2 atom stereocenters. The molecule has 126 valence electrons. The number of alkyl halides is 3. The summed E-state index contributed by atoms with van der Waals surface area (Å²) in [5.41, 5.74) is -2.15. The summed E-state index contributed by atoms with van der Waals surface area (Å²) in [6.07, 6.45) is -3.57. The molecular weight excluding hydrogens is 318 g/mol. The second kappa shape index (κ2) is 6.55. The van der Waals surface area contributed by atoms with Crippen molar-refractivity contribution in [3.8, 4) is 0 Å². The molecule has 1 aliphatic rings. The molecule has 0 aliphatic heterocycles. The van der Waals surface area contributed by atoms with Crippen LogP contribution in [0.2, 0.25) is 0 Å². The highest BCUT2D eigenvalue weighted by Gasteiger charge is 2.36. The van der Waals surface area contributed by atoms with Crippen LogP contribution in [0.3, 0.4) is 0 Å². The van der Waals surface area contributed by atoms with Gasteiger partial charge in [0.05, 0.1) is 24.2 Å². The van der Waals surface area contributed by atoms with Gasteiger partial charge in [-0.25, -0.2) is 4.39 Å². The lowest BCUT2D eigenvalue weighted by atomic mass is 10.1. The molecule has 1 aliphatic carbocycles. The number of nitrogens with one attached hydrogen (secondary N) is 1. The van der Waals surface area contributed by atoms with Crippen LogP contribution in [-0.2, 0) is 15.7 Å². The van der Waals surface area contributed by atoms with Crippen molar-refractivity contribution >= 4 is 11.9 Å². The van der Waals surface area contributed by atoms with Crippen molar-refractivity contribution in [2.45, 2.75) is 31.5 Å². The molecule has 0 aromatic heterocycles. The van der Waals surface area contributed by atoms with Crippen LogP contribution in [-0.4, -0.2) is 25.0 Å². The Bertz CT molecular complexity index is 615. The molecule has 1 aromatic carbocycles. The second-order valence-corrected chi connectivity index (χ2v) is 5.37. The van der Waals surface area contributed by atoms with Crippen molar-refractivity contribution in [3.63, 3.8) is 0 Å². The van der Waals surface area contributed by atoms with Crippen molar-refractivity contribution in [2.75, 3.05) is 7.11 Å². The monoisotopic (exact) mass is 333 g/mol. The number of benzene rings is 1. The lowest BCUT2D eigenvalue weighted by Crippen LogP contribution is -2.34. The zero-order valence-corrected chi connectivity index (χ0v) is 12.2. The number of hydrogen-bond acceptors (Lipinski definition) is 3. The molecule has 1 fully saturated rings. The lowest BCUT2D eigenvalue weighted by Gasteiger charge is -2.15. The predicted molar refractivity (Wildman–Crippen MR) is 72.0 cm³/mol. The van der Waals surface area contributed by atoms with E-state index in [9.17, 15) is 27.2 Å². The molecular formula is C15H15F4NO3. The van der Waals surface area contributed by atoms with Crippen molar-refractivity contribution in [2.24, 2.45) is 5.92 Å². The molecule has 1 N–H and O–H groups in total. The maximum Gasteiger partial charge on any atom is 0.419 e. The SMILES string of the molecule is COC(=O)[C@H]1CC[C@H](NC(=O)c2cccc(C(F)(F)F)c2F)C1. The molecule has 8 heteroatoms. The summed E-state index contributed by atoms with van der Waals surface area (Å²) < 4.78 is 56.5. The second-order valence-electron chi connectivity index (χ2n) is 5.37. The highest BCUT2D eigenvalue weighted by atomic mass is 19.4. The third-order valence-corrected chi connectivity index (χ3v) is 3.85. The first-order valence-corrected chi connectivity index (χ1v) is 6.98. The van der Waals surface area contributed by atoms with E-state index in [0.717, 1.165) is 12.1 Å². The first-order chi connectivity index (χ1) is 10.7. The zero-order chi connectivity index (χ0) is 17.2. The van der Waals surface area contributed by atoms with E-state index >= 15 is 0 Å². The Balaban J connectivity index is 2.09. The van der Waals surface area contributed by atoms with Gasteiger partial charge in [-0.1, -0.05) is 6.07 Å². The summed E-state index contributed by atoms with van der Waals surface area (Å²) in [5, 5.41) is 2.47. The average molecular weight is 333 g/mol. The Hall–Kier alpha value is -2.12. The molecule has 4 nitrogen and oxygen atoms in total. The van der Waals surface area contributed by atoms with E-state index in [0.29, 0.717) is 25.3 Å². The first-order valence-electron chi connectivity index (χ1n) is 6.98. The smallest absolute Gasteiger partial charge is 0.419 e. The highest BCUT2D eigenvalue weighted by Crippen LogP contribution is 2.32. The Labute approximate surface area is 129 Å². The highest BCUT2D eigenvalue weighted by molar-refractivity contribution is 5.95. The standard InChI is InChI=1S/C15H15F4NO3/c1-23-14(22)8-5-6-9(7-8)20-13(21)10-3-2-4-11(12(10)16)15(17,18)19/h2-4,8-9H,5-7H2,1H3,(H,20,21)/t8-,9-/m0/s1. The van der Waals surface area contributed by atoms with E-state index in [1.807, 2.05) is 0 Å². The molecule has 0 spiro atoms. The lowest BCUT2D eigenvalue weighted by molar-refractivity contribution is -0.145. The van der Waals surface area contributed by atoms with Gasteiger partial charge >= 0.3 is 12.1 Å². The summed E-state index contributed by atoms with van der Waals surface area (Å²) in [6, 6.07) is 2.15. The number of rotatable bonds is 3. The van der Waals surface area contributed by atoms with Crippen molar-refractivity contribution in [1.82, 2.24) is 5.32 Å². The van der Waals surface area contributed by atoms with Crippen LogP contribution < -0.4 is 5.32 Å². The molecule has 1 amide bonds. The number of hydrogen-bond donors (Lipinski definition) is 1. The Morgan fingerprint density at radius 2 is 1.96 bits per heavy atom. The van der Waals surface area contributed by atoms with Crippen LogP contribution in [0.25, 0.3) is 0 Å². The fourth-order valence-electron chi connectivity index (χ4n) is 2.68. The van der Waals surface area contributed by atoms with Crippen molar-refractivity contribution in [1.29, 1.82) is 0 Å². The number of carbonyl (C=O) groups excluding carboxylic acids is 2. The van der Waals surface area contributed by atoms with E-state index in [2.05, 4.69) is 10.1 Å². The summed E-state index contributed by atoms with van der Waals surface area (Å²) >= 11 is 0. The van der Waals surface area contributed by atoms with Crippen LogP contribution >= 0.6 is 0 Å². The van der Waals surface area contributed by atoms with Crippen LogP contribution in [0.1, 0.15) is 35.2 Å². The largest absolute Gasteiger partial charge is 0.469 e. The summed E-state index contributed by atoms with van der Waals surface area (Å²) in [5.74, 6) is -3.28. The van der Waals surface area contributed by atoms with E-state index < -0.39 is 41.0 Å². The van der Waals surface area contributed by atoms with Gasteiger partial charge in [-0.3, -0.25) is 9.59 Å². The molecule has 0 unspecified atom stereocenters. The third-order valence-electron chi connectivity index (χ3n) is 3.85. The average Bonchev–Trinajstić information content (AvgIpc) is 2.93. The number of methoxy groups -OCH3 is 1. The van der Waals surface area contributed by atoms with Gasteiger partial charge in [0.1, 0.15) is 5.82 Å². The van der Waals surface area contributed by atoms with Crippen LogP contribution in [0.4, 0.5) is 17.6 Å². The summed E-state index contributed by atoms with van der Waals surface area (Å²) in [4.78, 5) is 23.4. The normalized spacial score (nSPS) is 21.1. The van der Waals surface area contributed by atoms with Crippen LogP contribution in [0.15, 0.2) is 18.2 Å². The topological polar surface area (TPSA) is 55.4 Å². The first kappa shape index (κ1) is 17.2. The predicted octanol–water partition coefficient (Wildman–Crippen LogP) is 2.92. The molecule has 2 rings (SSSR count). The van der Waals surface area contributed by atoms with Gasteiger partial charge in [0.25, 0.3) is 5.91 Å². The minimum atomic E-state index is -4.87. The van der Waals surface area contributed by atoms with Crippen LogP contribution in [0, 0.1) is 11.7 Å². The van der Waals surface area contributed by atoms with Gasteiger partial charge in [0.15, 0.2) is 0 Å². The molecule has 0 radical (unpaired) electrons. The number of esters is 1. The fraction of sp³-hybridized carbons (Fsp3) is 0.467. The molecule has 0 bridgehead atoms. The Kier molecular flexibility index (Phi) is 4.91. The minimum Gasteiger partial charge on any atom is -0.469 e. The summed E-state index contributed by atoms with van der Waals surface area (Å²) in [6.45, 7) is 0. The number of amides is 1. The number of ether oxygens (including phenoxy) is 1. The van der Waals surface area contributed by atoms with Gasteiger partial charge in [-0.2, -0.15) is 13.2 Å². The Morgan fingerprint density at radius 3 is 2.57 bits per heavy atom. The maximum atomic E-state index is 13.9. The van der Waals surface area contributed by atoms with Gasteiger partial charge < -0.3 is 10.1 Å². The van der Waals surface area contributed by atoms with E-state index in [4.69, 9.17) is 0 Å². The summed E-state index contributed by atoms with van der Waals surface area (Å²) in [7, 11) is 1.26. The van der Waals surface area contributed by atoms with Gasteiger partial charge in [0, 0.05) is 6.04 Å². The van der Waals surface area contributed by atoms with E-state index in [-0.39, 0.29) is 5.92 Å². The molecule has 23 heavy (non-hydrogen) atoms. The van der Waals surface area contributed by atoms with Gasteiger partial charge in [0.2, 0.25) is 0 Å². The molecule has 1 aromatic rings. The number of carbonyl (C=O) groups is 2. The van der Waals surface area contributed by atoms with E-state index in [1.165, 1.54) is 7.11 Å².